The van der Waals surface area contributed by atoms with Crippen LogP contribution in [0.15, 0.2) is 34.2 Å². The monoisotopic (exact) mass is 266 g/mol. The van der Waals surface area contributed by atoms with Crippen molar-refractivity contribution in [2.45, 2.75) is 23.8 Å². The van der Waals surface area contributed by atoms with Gasteiger partial charge in [0.05, 0.1) is 5.69 Å². The fourth-order valence-electron chi connectivity index (χ4n) is 1.61. The van der Waals surface area contributed by atoms with E-state index < -0.39 is 11.6 Å². The summed E-state index contributed by atoms with van der Waals surface area (Å²) >= 11 is 1.15. The Morgan fingerprint density at radius 2 is 1.83 bits per heavy atom. The van der Waals surface area contributed by atoms with E-state index in [-0.39, 0.29) is 5.69 Å². The fourth-order valence-corrected chi connectivity index (χ4v) is 2.65. The largest absolute Gasteiger partial charge is 0.395 e. The molecule has 0 aliphatic carbocycles. The molecule has 2 rings (SSSR count). The summed E-state index contributed by atoms with van der Waals surface area (Å²) in [6.45, 7) is 3.81. The van der Waals surface area contributed by atoms with Crippen LogP contribution in [0.25, 0.3) is 0 Å². The Labute approximate surface area is 108 Å². The summed E-state index contributed by atoms with van der Waals surface area (Å²) in [7, 11) is 0. The van der Waals surface area contributed by atoms with E-state index in [0.29, 0.717) is 9.92 Å². The van der Waals surface area contributed by atoms with Gasteiger partial charge in [-0.25, -0.2) is 13.8 Å². The standard InChI is InChI=1S/C13H12F2N2S/c1-7-3-8(2)17-12(4-7)18-11-6-9(14)5-10(15)13(11)16/h3-6H,16H2,1-2H3. The van der Waals surface area contributed by atoms with Crippen LogP contribution in [0.2, 0.25) is 0 Å². The number of pyridine rings is 1. The summed E-state index contributed by atoms with van der Waals surface area (Å²) in [5.74, 6) is -1.39. The summed E-state index contributed by atoms with van der Waals surface area (Å²) in [5, 5.41) is 0.671. The Kier molecular flexibility index (Phi) is 3.52. The van der Waals surface area contributed by atoms with Crippen molar-refractivity contribution in [1.82, 2.24) is 4.98 Å². The summed E-state index contributed by atoms with van der Waals surface area (Å²) in [6, 6.07) is 5.76. The molecule has 0 saturated carbocycles. The molecule has 0 spiro atoms. The molecule has 0 amide bonds. The number of aryl methyl sites for hydroxylation is 2. The van der Waals surface area contributed by atoms with Crippen molar-refractivity contribution in [3.05, 3.63) is 47.2 Å². The van der Waals surface area contributed by atoms with Gasteiger partial charge in [0.1, 0.15) is 16.7 Å². The van der Waals surface area contributed by atoms with Crippen molar-refractivity contribution in [3.63, 3.8) is 0 Å². The normalized spacial score (nSPS) is 10.7. The Hall–Kier alpha value is -1.62. The predicted octanol–water partition coefficient (Wildman–Crippen LogP) is 3.71. The lowest BCUT2D eigenvalue weighted by atomic mass is 10.3. The Morgan fingerprint density at radius 1 is 1.11 bits per heavy atom. The lowest BCUT2D eigenvalue weighted by molar-refractivity contribution is 0.581. The molecule has 0 bridgehead atoms. The van der Waals surface area contributed by atoms with Gasteiger partial charge in [0, 0.05) is 16.7 Å². The van der Waals surface area contributed by atoms with Gasteiger partial charge in [-0.1, -0.05) is 11.8 Å². The van der Waals surface area contributed by atoms with Crippen molar-refractivity contribution in [2.75, 3.05) is 5.73 Å². The average molecular weight is 266 g/mol. The first-order valence-corrected chi connectivity index (χ1v) is 6.15. The third-order valence-electron chi connectivity index (χ3n) is 2.35. The number of halogens is 2. The van der Waals surface area contributed by atoms with Gasteiger partial charge in [-0.2, -0.15) is 0 Å². The highest BCUT2D eigenvalue weighted by atomic mass is 32.2. The van der Waals surface area contributed by atoms with Crippen LogP contribution in [0.1, 0.15) is 11.3 Å². The summed E-state index contributed by atoms with van der Waals surface area (Å²) < 4.78 is 26.4. The van der Waals surface area contributed by atoms with Gasteiger partial charge >= 0.3 is 0 Å². The molecule has 0 saturated heterocycles. The van der Waals surface area contributed by atoms with Crippen molar-refractivity contribution >= 4 is 17.4 Å². The second-order valence-electron chi connectivity index (χ2n) is 4.03. The first kappa shape index (κ1) is 12.8. The maximum Gasteiger partial charge on any atom is 0.150 e. The average Bonchev–Trinajstić information content (AvgIpc) is 2.23. The van der Waals surface area contributed by atoms with Crippen LogP contribution in [0, 0.1) is 25.5 Å². The lowest BCUT2D eigenvalue weighted by Crippen LogP contribution is -1.96. The summed E-state index contributed by atoms with van der Waals surface area (Å²) in [5.41, 5.74) is 7.43. The lowest BCUT2D eigenvalue weighted by Gasteiger charge is -2.07. The molecule has 2 aromatic rings. The molecule has 1 heterocycles. The molecule has 1 aromatic carbocycles. The number of nitrogen functional groups attached to an aromatic ring is 1. The topological polar surface area (TPSA) is 38.9 Å². The third kappa shape index (κ3) is 2.79. The van der Waals surface area contributed by atoms with Crippen LogP contribution in [-0.2, 0) is 0 Å². The van der Waals surface area contributed by atoms with E-state index in [4.69, 9.17) is 5.73 Å². The number of rotatable bonds is 2. The first-order valence-electron chi connectivity index (χ1n) is 5.33. The molecule has 0 unspecified atom stereocenters. The number of nitrogens with zero attached hydrogens (tertiary/aromatic N) is 1. The number of aromatic nitrogens is 1. The van der Waals surface area contributed by atoms with E-state index in [0.717, 1.165) is 29.1 Å². The van der Waals surface area contributed by atoms with Crippen LogP contribution >= 0.6 is 11.8 Å². The molecule has 18 heavy (non-hydrogen) atoms. The van der Waals surface area contributed by atoms with Crippen LogP contribution in [0.5, 0.6) is 0 Å². The minimum atomic E-state index is -0.748. The number of anilines is 1. The molecule has 1 aromatic heterocycles. The Bertz CT molecular complexity index is 580. The smallest absolute Gasteiger partial charge is 0.150 e. The van der Waals surface area contributed by atoms with Crippen molar-refractivity contribution < 1.29 is 8.78 Å². The SMILES string of the molecule is Cc1cc(C)nc(Sc2cc(F)cc(F)c2N)c1. The van der Waals surface area contributed by atoms with Gasteiger partial charge in [0.2, 0.25) is 0 Å². The number of benzene rings is 1. The van der Waals surface area contributed by atoms with Crippen molar-refractivity contribution in [2.24, 2.45) is 0 Å². The number of hydrogen-bond donors (Lipinski definition) is 1. The zero-order valence-corrected chi connectivity index (χ0v) is 10.8. The predicted molar refractivity (Wildman–Crippen MR) is 68.6 cm³/mol. The molecule has 0 radical (unpaired) electrons. The maximum absolute atomic E-state index is 13.3. The number of nitrogens with two attached hydrogens (primary N) is 1. The minimum absolute atomic E-state index is 0.0534. The van der Waals surface area contributed by atoms with E-state index >= 15 is 0 Å². The molecule has 0 aliphatic rings. The second-order valence-corrected chi connectivity index (χ2v) is 5.09. The highest BCUT2D eigenvalue weighted by molar-refractivity contribution is 7.99. The molecular weight excluding hydrogens is 254 g/mol. The van der Waals surface area contributed by atoms with E-state index in [1.807, 2.05) is 26.0 Å². The van der Waals surface area contributed by atoms with Crippen LogP contribution in [0.3, 0.4) is 0 Å². The summed E-state index contributed by atoms with van der Waals surface area (Å²) in [6.07, 6.45) is 0. The highest BCUT2D eigenvalue weighted by Crippen LogP contribution is 2.33. The van der Waals surface area contributed by atoms with Gasteiger partial charge in [-0.05, 0) is 37.6 Å². The zero-order valence-electron chi connectivity index (χ0n) is 10.00. The highest BCUT2D eigenvalue weighted by Gasteiger charge is 2.10. The molecular formula is C13H12F2N2S. The van der Waals surface area contributed by atoms with E-state index in [9.17, 15) is 8.78 Å². The van der Waals surface area contributed by atoms with Crippen molar-refractivity contribution in [3.8, 4) is 0 Å². The quantitative estimate of drug-likeness (QED) is 0.842. The molecule has 2 nitrogen and oxygen atoms in total. The summed E-state index contributed by atoms with van der Waals surface area (Å²) in [4.78, 5) is 4.63. The van der Waals surface area contributed by atoms with E-state index in [1.165, 1.54) is 6.07 Å². The van der Waals surface area contributed by atoms with Crippen LogP contribution < -0.4 is 5.73 Å². The molecule has 0 fully saturated rings. The molecule has 5 heteroatoms. The third-order valence-corrected chi connectivity index (χ3v) is 3.32. The van der Waals surface area contributed by atoms with Gasteiger partial charge in [-0.3, -0.25) is 0 Å². The van der Waals surface area contributed by atoms with Crippen LogP contribution in [-0.4, -0.2) is 4.98 Å². The van der Waals surface area contributed by atoms with Gasteiger partial charge < -0.3 is 5.73 Å². The van der Waals surface area contributed by atoms with Gasteiger partial charge in [0.15, 0.2) is 0 Å². The molecule has 0 aliphatic heterocycles. The van der Waals surface area contributed by atoms with Crippen LogP contribution in [0.4, 0.5) is 14.5 Å². The zero-order chi connectivity index (χ0) is 13.3. The minimum Gasteiger partial charge on any atom is -0.395 e. The van der Waals surface area contributed by atoms with Gasteiger partial charge in [0.25, 0.3) is 0 Å². The second kappa shape index (κ2) is 4.94. The fraction of sp³-hybridized carbons (Fsp3) is 0.154. The molecule has 2 N–H and O–H groups in total. The van der Waals surface area contributed by atoms with Gasteiger partial charge in [-0.15, -0.1) is 0 Å². The molecule has 0 atom stereocenters. The molecule has 94 valence electrons. The maximum atomic E-state index is 13.3. The Balaban J connectivity index is 2.39. The van der Waals surface area contributed by atoms with Crippen molar-refractivity contribution in [1.29, 1.82) is 0 Å². The van der Waals surface area contributed by atoms with E-state index in [1.54, 1.807) is 0 Å². The van der Waals surface area contributed by atoms with E-state index in [2.05, 4.69) is 4.98 Å². The number of hydrogen-bond acceptors (Lipinski definition) is 3. The first-order chi connectivity index (χ1) is 8.45. The Morgan fingerprint density at radius 3 is 2.50 bits per heavy atom.